The number of rotatable bonds is 6. The SMILES string of the molecule is COc1cc(OC)c(CCC(O)C(C)N)cc1Br. The van der Waals surface area contributed by atoms with E-state index in [1.165, 1.54) is 0 Å². The van der Waals surface area contributed by atoms with E-state index in [9.17, 15) is 5.11 Å². The molecule has 2 atom stereocenters. The van der Waals surface area contributed by atoms with Crippen LogP contribution in [0.3, 0.4) is 0 Å². The van der Waals surface area contributed by atoms with E-state index >= 15 is 0 Å². The summed E-state index contributed by atoms with van der Waals surface area (Å²) in [6.45, 7) is 1.80. The first kappa shape index (κ1) is 15.3. The van der Waals surface area contributed by atoms with Crippen LogP contribution in [-0.2, 0) is 6.42 Å². The van der Waals surface area contributed by atoms with Gasteiger partial charge < -0.3 is 20.3 Å². The van der Waals surface area contributed by atoms with Crippen LogP contribution in [0.15, 0.2) is 16.6 Å². The Hall–Kier alpha value is -0.780. The molecule has 0 aromatic heterocycles. The van der Waals surface area contributed by atoms with Crippen molar-refractivity contribution in [3.63, 3.8) is 0 Å². The highest BCUT2D eigenvalue weighted by atomic mass is 79.9. The number of aliphatic hydroxyl groups is 1. The average molecular weight is 318 g/mol. The fourth-order valence-corrected chi connectivity index (χ4v) is 2.24. The first-order valence-corrected chi connectivity index (χ1v) is 6.63. The van der Waals surface area contributed by atoms with Crippen molar-refractivity contribution < 1.29 is 14.6 Å². The molecule has 2 unspecified atom stereocenters. The van der Waals surface area contributed by atoms with Crippen LogP contribution in [0, 0.1) is 0 Å². The van der Waals surface area contributed by atoms with E-state index in [0.29, 0.717) is 12.8 Å². The number of aryl methyl sites for hydroxylation is 1. The van der Waals surface area contributed by atoms with Crippen molar-refractivity contribution in [2.75, 3.05) is 14.2 Å². The number of ether oxygens (including phenoxy) is 2. The van der Waals surface area contributed by atoms with Gasteiger partial charge in [0.2, 0.25) is 0 Å². The number of nitrogens with two attached hydrogens (primary N) is 1. The van der Waals surface area contributed by atoms with Gasteiger partial charge in [-0.3, -0.25) is 0 Å². The van der Waals surface area contributed by atoms with Crippen molar-refractivity contribution >= 4 is 15.9 Å². The van der Waals surface area contributed by atoms with Crippen molar-refractivity contribution in [1.82, 2.24) is 0 Å². The van der Waals surface area contributed by atoms with Crippen molar-refractivity contribution in [2.24, 2.45) is 5.73 Å². The molecule has 1 rings (SSSR count). The summed E-state index contributed by atoms with van der Waals surface area (Å²) < 4.78 is 11.4. The lowest BCUT2D eigenvalue weighted by atomic mass is 10.0. The smallest absolute Gasteiger partial charge is 0.136 e. The Kier molecular flexibility index (Phi) is 5.91. The van der Waals surface area contributed by atoms with E-state index in [4.69, 9.17) is 15.2 Å². The highest BCUT2D eigenvalue weighted by Crippen LogP contribution is 2.33. The third kappa shape index (κ3) is 3.86. The van der Waals surface area contributed by atoms with Gasteiger partial charge in [-0.1, -0.05) is 0 Å². The van der Waals surface area contributed by atoms with Crippen LogP contribution in [0.2, 0.25) is 0 Å². The topological polar surface area (TPSA) is 64.7 Å². The van der Waals surface area contributed by atoms with Crippen LogP contribution in [0.25, 0.3) is 0 Å². The molecule has 0 aliphatic heterocycles. The first-order valence-electron chi connectivity index (χ1n) is 5.83. The summed E-state index contributed by atoms with van der Waals surface area (Å²) in [6.07, 6.45) is 0.803. The molecule has 5 heteroatoms. The van der Waals surface area contributed by atoms with Gasteiger partial charge in [0.1, 0.15) is 11.5 Å². The quantitative estimate of drug-likeness (QED) is 0.843. The molecule has 18 heavy (non-hydrogen) atoms. The van der Waals surface area contributed by atoms with Crippen LogP contribution in [0.1, 0.15) is 18.9 Å². The first-order chi connectivity index (χ1) is 8.49. The van der Waals surface area contributed by atoms with Gasteiger partial charge in [-0.2, -0.15) is 0 Å². The van der Waals surface area contributed by atoms with E-state index in [1.807, 2.05) is 12.1 Å². The zero-order valence-corrected chi connectivity index (χ0v) is 12.5. The van der Waals surface area contributed by atoms with Gasteiger partial charge in [0, 0.05) is 12.1 Å². The Bertz CT molecular complexity index is 396. The predicted octanol–water partition coefficient (Wildman–Crippen LogP) is 2.11. The van der Waals surface area contributed by atoms with E-state index in [-0.39, 0.29) is 6.04 Å². The maximum atomic E-state index is 9.72. The van der Waals surface area contributed by atoms with Crippen molar-refractivity contribution in [1.29, 1.82) is 0 Å². The Balaban J connectivity index is 2.85. The molecule has 0 fully saturated rings. The molecule has 0 aliphatic carbocycles. The molecule has 102 valence electrons. The van der Waals surface area contributed by atoms with E-state index in [2.05, 4.69) is 15.9 Å². The van der Waals surface area contributed by atoms with Gasteiger partial charge in [-0.15, -0.1) is 0 Å². The molecule has 0 heterocycles. The minimum absolute atomic E-state index is 0.224. The van der Waals surface area contributed by atoms with E-state index < -0.39 is 6.10 Å². The molecule has 1 aromatic carbocycles. The molecular formula is C13H20BrNO3. The van der Waals surface area contributed by atoms with Crippen molar-refractivity contribution in [3.05, 3.63) is 22.2 Å². The molecule has 0 radical (unpaired) electrons. The van der Waals surface area contributed by atoms with Crippen LogP contribution in [0.5, 0.6) is 11.5 Å². The van der Waals surface area contributed by atoms with Gasteiger partial charge in [-0.25, -0.2) is 0 Å². The summed E-state index contributed by atoms with van der Waals surface area (Å²) in [6, 6.07) is 3.56. The lowest BCUT2D eigenvalue weighted by Gasteiger charge is -2.16. The van der Waals surface area contributed by atoms with Crippen LogP contribution in [-0.4, -0.2) is 31.5 Å². The second kappa shape index (κ2) is 6.97. The van der Waals surface area contributed by atoms with Crippen molar-refractivity contribution in [3.8, 4) is 11.5 Å². The summed E-state index contributed by atoms with van der Waals surface area (Å²) in [5, 5.41) is 9.72. The molecular weight excluding hydrogens is 298 g/mol. The minimum Gasteiger partial charge on any atom is -0.496 e. The Morgan fingerprint density at radius 1 is 1.28 bits per heavy atom. The zero-order chi connectivity index (χ0) is 13.7. The number of hydrogen-bond donors (Lipinski definition) is 2. The van der Waals surface area contributed by atoms with E-state index in [0.717, 1.165) is 21.5 Å². The lowest BCUT2D eigenvalue weighted by molar-refractivity contribution is 0.141. The highest BCUT2D eigenvalue weighted by molar-refractivity contribution is 9.10. The predicted molar refractivity (Wildman–Crippen MR) is 75.2 cm³/mol. The summed E-state index contributed by atoms with van der Waals surface area (Å²) in [4.78, 5) is 0. The van der Waals surface area contributed by atoms with E-state index in [1.54, 1.807) is 21.1 Å². The Labute approximate surface area is 116 Å². The monoisotopic (exact) mass is 317 g/mol. The highest BCUT2D eigenvalue weighted by Gasteiger charge is 2.13. The van der Waals surface area contributed by atoms with Crippen LogP contribution >= 0.6 is 15.9 Å². The molecule has 0 saturated heterocycles. The summed E-state index contributed by atoms with van der Waals surface area (Å²) >= 11 is 3.44. The average Bonchev–Trinajstić information content (AvgIpc) is 2.35. The Morgan fingerprint density at radius 3 is 2.39 bits per heavy atom. The zero-order valence-electron chi connectivity index (χ0n) is 10.9. The van der Waals surface area contributed by atoms with Crippen molar-refractivity contribution in [2.45, 2.75) is 31.9 Å². The van der Waals surface area contributed by atoms with Gasteiger partial charge in [-0.05, 0) is 47.3 Å². The molecule has 0 spiro atoms. The van der Waals surface area contributed by atoms with Crippen LogP contribution in [0.4, 0.5) is 0 Å². The molecule has 0 amide bonds. The van der Waals surface area contributed by atoms with Gasteiger partial charge >= 0.3 is 0 Å². The number of benzene rings is 1. The number of methoxy groups -OCH3 is 2. The lowest BCUT2D eigenvalue weighted by Crippen LogP contribution is -2.31. The second-order valence-electron chi connectivity index (χ2n) is 4.26. The standard InChI is InChI=1S/C13H20BrNO3/c1-8(15)11(16)5-4-9-6-10(14)13(18-3)7-12(9)17-2/h6-8,11,16H,4-5,15H2,1-3H3. The summed E-state index contributed by atoms with van der Waals surface area (Å²) in [7, 11) is 3.23. The molecule has 1 aromatic rings. The fraction of sp³-hybridized carbons (Fsp3) is 0.538. The molecule has 3 N–H and O–H groups in total. The molecule has 0 bridgehead atoms. The second-order valence-corrected chi connectivity index (χ2v) is 5.12. The molecule has 0 aliphatic rings. The molecule has 4 nitrogen and oxygen atoms in total. The van der Waals surface area contributed by atoms with Gasteiger partial charge in [0.25, 0.3) is 0 Å². The number of aliphatic hydroxyl groups excluding tert-OH is 1. The fourth-order valence-electron chi connectivity index (χ4n) is 1.68. The van der Waals surface area contributed by atoms with Gasteiger partial charge in [0.05, 0.1) is 24.8 Å². The normalized spacial score (nSPS) is 14.1. The minimum atomic E-state index is -0.504. The van der Waals surface area contributed by atoms with Gasteiger partial charge in [0.15, 0.2) is 0 Å². The maximum absolute atomic E-state index is 9.72. The Morgan fingerprint density at radius 2 is 1.89 bits per heavy atom. The van der Waals surface area contributed by atoms with Crippen LogP contribution < -0.4 is 15.2 Å². The summed E-state index contributed by atoms with van der Waals surface area (Å²) in [5.41, 5.74) is 6.65. The number of hydrogen-bond acceptors (Lipinski definition) is 4. The molecule has 0 saturated carbocycles. The third-order valence-electron chi connectivity index (χ3n) is 2.87. The summed E-state index contributed by atoms with van der Waals surface area (Å²) in [5.74, 6) is 1.48. The number of halogens is 1. The largest absolute Gasteiger partial charge is 0.496 e. The third-order valence-corrected chi connectivity index (χ3v) is 3.49. The maximum Gasteiger partial charge on any atom is 0.136 e.